The largest absolute Gasteiger partial charge is 0.0925 e. The van der Waals surface area contributed by atoms with Crippen LogP contribution in [0.4, 0.5) is 0 Å². The Hall–Kier alpha value is -0.300. The SMILES string of the molecule is CCC(CBr)Cc1ccc(C)cc1. The van der Waals surface area contributed by atoms with Crippen molar-refractivity contribution in [3.05, 3.63) is 35.4 Å². The van der Waals surface area contributed by atoms with E-state index in [-0.39, 0.29) is 0 Å². The van der Waals surface area contributed by atoms with E-state index in [0.29, 0.717) is 0 Å². The minimum Gasteiger partial charge on any atom is -0.0925 e. The first-order valence-electron chi connectivity index (χ1n) is 4.87. The zero-order valence-corrected chi connectivity index (χ0v) is 9.97. The van der Waals surface area contributed by atoms with Gasteiger partial charge in [0, 0.05) is 5.33 Å². The first kappa shape index (κ1) is 10.8. The lowest BCUT2D eigenvalue weighted by Crippen LogP contribution is -2.04. The Labute approximate surface area is 89.5 Å². The van der Waals surface area contributed by atoms with E-state index in [1.807, 2.05) is 0 Å². The summed E-state index contributed by atoms with van der Waals surface area (Å²) >= 11 is 3.55. The summed E-state index contributed by atoms with van der Waals surface area (Å²) in [6.45, 7) is 4.38. The minimum absolute atomic E-state index is 0.780. The third-order valence-corrected chi connectivity index (χ3v) is 3.36. The van der Waals surface area contributed by atoms with Gasteiger partial charge in [-0.15, -0.1) is 0 Å². The number of halogens is 1. The molecule has 0 nitrogen and oxygen atoms in total. The van der Waals surface area contributed by atoms with Gasteiger partial charge in [0.15, 0.2) is 0 Å². The van der Waals surface area contributed by atoms with Crippen LogP contribution in [0.1, 0.15) is 24.5 Å². The number of rotatable bonds is 4. The van der Waals surface area contributed by atoms with Gasteiger partial charge in [-0.05, 0) is 24.8 Å². The van der Waals surface area contributed by atoms with E-state index in [9.17, 15) is 0 Å². The van der Waals surface area contributed by atoms with Crippen LogP contribution in [0.3, 0.4) is 0 Å². The normalized spacial score (nSPS) is 12.8. The molecule has 0 aliphatic heterocycles. The molecule has 0 aromatic heterocycles. The molecule has 0 bridgehead atoms. The van der Waals surface area contributed by atoms with Gasteiger partial charge in [0.05, 0.1) is 0 Å². The van der Waals surface area contributed by atoms with Gasteiger partial charge < -0.3 is 0 Å². The molecule has 0 aliphatic rings. The molecule has 0 radical (unpaired) electrons. The van der Waals surface area contributed by atoms with Crippen molar-refractivity contribution in [1.29, 1.82) is 0 Å². The first-order valence-corrected chi connectivity index (χ1v) is 6.00. The van der Waals surface area contributed by atoms with Crippen LogP contribution >= 0.6 is 15.9 Å². The van der Waals surface area contributed by atoms with E-state index in [2.05, 4.69) is 54.0 Å². The van der Waals surface area contributed by atoms with Crippen molar-refractivity contribution in [2.75, 3.05) is 5.33 Å². The molecule has 1 aromatic carbocycles. The Kier molecular flexibility index (Phi) is 4.51. The molecule has 0 saturated carbocycles. The van der Waals surface area contributed by atoms with Gasteiger partial charge >= 0.3 is 0 Å². The molecular formula is C12H17Br. The van der Waals surface area contributed by atoms with Gasteiger partial charge in [-0.25, -0.2) is 0 Å². The fourth-order valence-electron chi connectivity index (χ4n) is 1.37. The maximum absolute atomic E-state index is 3.55. The van der Waals surface area contributed by atoms with Crippen molar-refractivity contribution < 1.29 is 0 Å². The van der Waals surface area contributed by atoms with Crippen LogP contribution in [0, 0.1) is 12.8 Å². The lowest BCUT2D eigenvalue weighted by Gasteiger charge is -2.10. The molecule has 1 rings (SSSR count). The van der Waals surface area contributed by atoms with E-state index in [0.717, 1.165) is 11.2 Å². The van der Waals surface area contributed by atoms with Gasteiger partial charge in [0.25, 0.3) is 0 Å². The molecule has 0 N–H and O–H groups in total. The highest BCUT2D eigenvalue weighted by Crippen LogP contribution is 2.14. The van der Waals surface area contributed by atoms with E-state index < -0.39 is 0 Å². The van der Waals surface area contributed by atoms with Crippen LogP contribution in [-0.2, 0) is 6.42 Å². The van der Waals surface area contributed by atoms with Crippen LogP contribution in [0.2, 0.25) is 0 Å². The number of hydrogen-bond donors (Lipinski definition) is 0. The van der Waals surface area contributed by atoms with Crippen molar-refractivity contribution in [2.24, 2.45) is 5.92 Å². The lowest BCUT2D eigenvalue weighted by atomic mass is 9.98. The van der Waals surface area contributed by atoms with Crippen molar-refractivity contribution in [3.8, 4) is 0 Å². The van der Waals surface area contributed by atoms with Crippen molar-refractivity contribution >= 4 is 15.9 Å². The average Bonchev–Trinajstić information content (AvgIpc) is 2.17. The summed E-state index contributed by atoms with van der Waals surface area (Å²) in [6.07, 6.45) is 2.45. The maximum Gasteiger partial charge on any atom is 0.00627 e. The Balaban J connectivity index is 2.58. The minimum atomic E-state index is 0.780. The molecule has 1 unspecified atom stereocenters. The summed E-state index contributed by atoms with van der Waals surface area (Å²) in [5, 5.41) is 1.11. The Bertz CT molecular complexity index is 234. The van der Waals surface area contributed by atoms with E-state index in [1.54, 1.807) is 0 Å². The standard InChI is InChI=1S/C12H17Br/c1-3-11(9-13)8-12-6-4-10(2)5-7-12/h4-7,11H,3,8-9H2,1-2H3. The number of benzene rings is 1. The molecule has 0 amide bonds. The highest BCUT2D eigenvalue weighted by Gasteiger charge is 2.04. The van der Waals surface area contributed by atoms with Gasteiger partial charge in [0.2, 0.25) is 0 Å². The fraction of sp³-hybridized carbons (Fsp3) is 0.500. The predicted octanol–water partition coefficient (Wildman–Crippen LogP) is 3.96. The molecule has 1 aromatic rings. The van der Waals surface area contributed by atoms with E-state index in [4.69, 9.17) is 0 Å². The summed E-state index contributed by atoms with van der Waals surface area (Å²) in [5.74, 6) is 0.780. The van der Waals surface area contributed by atoms with Gasteiger partial charge in [-0.3, -0.25) is 0 Å². The third-order valence-electron chi connectivity index (χ3n) is 2.44. The highest BCUT2D eigenvalue weighted by atomic mass is 79.9. The molecule has 0 saturated heterocycles. The summed E-state index contributed by atoms with van der Waals surface area (Å²) in [7, 11) is 0. The summed E-state index contributed by atoms with van der Waals surface area (Å²) in [6, 6.07) is 8.86. The molecule has 1 heteroatoms. The molecule has 0 spiro atoms. The number of aryl methyl sites for hydroxylation is 1. The smallest absolute Gasteiger partial charge is 0.00627 e. The maximum atomic E-state index is 3.55. The topological polar surface area (TPSA) is 0 Å². The molecule has 0 fully saturated rings. The van der Waals surface area contributed by atoms with Crippen LogP contribution in [0.15, 0.2) is 24.3 Å². The Morgan fingerprint density at radius 2 is 1.85 bits per heavy atom. The van der Waals surface area contributed by atoms with Gasteiger partial charge in [0.1, 0.15) is 0 Å². The van der Waals surface area contributed by atoms with E-state index in [1.165, 1.54) is 24.0 Å². The van der Waals surface area contributed by atoms with Crippen LogP contribution < -0.4 is 0 Å². The zero-order chi connectivity index (χ0) is 9.68. The van der Waals surface area contributed by atoms with Crippen molar-refractivity contribution in [1.82, 2.24) is 0 Å². The van der Waals surface area contributed by atoms with Crippen molar-refractivity contribution in [2.45, 2.75) is 26.7 Å². The van der Waals surface area contributed by atoms with Gasteiger partial charge in [-0.1, -0.05) is 59.1 Å². The van der Waals surface area contributed by atoms with Crippen molar-refractivity contribution in [3.63, 3.8) is 0 Å². The molecule has 1 atom stereocenters. The number of alkyl halides is 1. The lowest BCUT2D eigenvalue weighted by molar-refractivity contribution is 0.574. The van der Waals surface area contributed by atoms with Crippen LogP contribution in [0.5, 0.6) is 0 Å². The summed E-state index contributed by atoms with van der Waals surface area (Å²) in [4.78, 5) is 0. The third kappa shape index (κ3) is 3.51. The van der Waals surface area contributed by atoms with Crippen LogP contribution in [-0.4, -0.2) is 5.33 Å². The monoisotopic (exact) mass is 240 g/mol. The fourth-order valence-corrected chi connectivity index (χ4v) is 2.05. The summed E-state index contributed by atoms with van der Waals surface area (Å²) in [5.41, 5.74) is 2.80. The average molecular weight is 241 g/mol. The highest BCUT2D eigenvalue weighted by molar-refractivity contribution is 9.09. The molecule has 0 heterocycles. The second kappa shape index (κ2) is 5.43. The summed E-state index contributed by atoms with van der Waals surface area (Å²) < 4.78 is 0. The zero-order valence-electron chi connectivity index (χ0n) is 8.39. The predicted molar refractivity (Wildman–Crippen MR) is 62.5 cm³/mol. The number of hydrogen-bond acceptors (Lipinski definition) is 0. The molecular weight excluding hydrogens is 224 g/mol. The van der Waals surface area contributed by atoms with E-state index >= 15 is 0 Å². The Morgan fingerprint density at radius 1 is 1.23 bits per heavy atom. The second-order valence-corrected chi connectivity index (χ2v) is 4.27. The Morgan fingerprint density at radius 3 is 2.31 bits per heavy atom. The molecule has 13 heavy (non-hydrogen) atoms. The van der Waals surface area contributed by atoms with Gasteiger partial charge in [-0.2, -0.15) is 0 Å². The molecule has 0 aliphatic carbocycles. The second-order valence-electron chi connectivity index (χ2n) is 3.62. The first-order chi connectivity index (χ1) is 6.26. The quantitative estimate of drug-likeness (QED) is 0.700. The van der Waals surface area contributed by atoms with Crippen LogP contribution in [0.25, 0.3) is 0 Å². The molecule has 72 valence electrons.